The van der Waals surface area contributed by atoms with Crippen molar-refractivity contribution >= 4 is 0 Å². The zero-order chi connectivity index (χ0) is 12.3. The van der Waals surface area contributed by atoms with E-state index < -0.39 is 0 Å². The third-order valence-corrected chi connectivity index (χ3v) is 2.95. The van der Waals surface area contributed by atoms with Crippen molar-refractivity contribution in [2.24, 2.45) is 0 Å². The van der Waals surface area contributed by atoms with Crippen LogP contribution in [0.3, 0.4) is 0 Å². The van der Waals surface area contributed by atoms with Crippen LogP contribution in [0, 0.1) is 0 Å². The van der Waals surface area contributed by atoms with Crippen molar-refractivity contribution in [2.75, 3.05) is 66.8 Å². The summed E-state index contributed by atoms with van der Waals surface area (Å²) in [7, 11) is 3.70. The fraction of sp³-hybridized carbons (Fsp3) is 1.00. The summed E-state index contributed by atoms with van der Waals surface area (Å²) in [5.41, 5.74) is 0. The molecule has 1 rings (SSSR count). The molecule has 0 spiro atoms. The maximum Gasteiger partial charge on any atom is 0.0634 e. The zero-order valence-electron chi connectivity index (χ0n) is 11.1. The van der Waals surface area contributed by atoms with E-state index in [-0.39, 0.29) is 0 Å². The predicted octanol–water partition coefficient (Wildman–Crippen LogP) is -0.0403. The van der Waals surface area contributed by atoms with Crippen molar-refractivity contribution in [2.45, 2.75) is 12.5 Å². The van der Waals surface area contributed by atoms with Crippen LogP contribution in [0.2, 0.25) is 0 Å². The van der Waals surface area contributed by atoms with Crippen LogP contribution >= 0.6 is 0 Å². The predicted molar refractivity (Wildman–Crippen MR) is 67.4 cm³/mol. The Labute approximate surface area is 104 Å². The number of nitrogens with zero attached hydrogens (tertiary/aromatic N) is 1. The van der Waals surface area contributed by atoms with Gasteiger partial charge in [-0.1, -0.05) is 0 Å². The summed E-state index contributed by atoms with van der Waals surface area (Å²) in [5.74, 6) is 0. The molecule has 0 bridgehead atoms. The molecule has 5 heteroatoms. The quantitative estimate of drug-likeness (QED) is 0.578. The highest BCUT2D eigenvalue weighted by Crippen LogP contribution is 2.05. The number of hydrogen-bond acceptors (Lipinski definition) is 5. The molecular weight excluding hydrogens is 220 g/mol. The molecule has 0 radical (unpaired) electrons. The number of nitrogens with one attached hydrogen (secondary N) is 1. The van der Waals surface area contributed by atoms with Gasteiger partial charge in [0.05, 0.1) is 19.8 Å². The fourth-order valence-electron chi connectivity index (χ4n) is 2.00. The Morgan fingerprint density at radius 1 is 1.35 bits per heavy atom. The Morgan fingerprint density at radius 2 is 2.24 bits per heavy atom. The van der Waals surface area contributed by atoms with Gasteiger partial charge in [0.15, 0.2) is 0 Å². The summed E-state index contributed by atoms with van der Waals surface area (Å²) in [6.45, 7) is 6.99. The van der Waals surface area contributed by atoms with Gasteiger partial charge in [-0.05, 0) is 13.5 Å². The van der Waals surface area contributed by atoms with Crippen LogP contribution in [-0.2, 0) is 14.2 Å². The van der Waals surface area contributed by atoms with Crippen LogP contribution < -0.4 is 5.32 Å². The molecule has 0 aliphatic carbocycles. The summed E-state index contributed by atoms with van der Waals surface area (Å²) in [6.07, 6.45) is 0.972. The molecule has 1 atom stereocenters. The van der Waals surface area contributed by atoms with Gasteiger partial charge in [-0.15, -0.1) is 0 Å². The summed E-state index contributed by atoms with van der Waals surface area (Å²) < 4.78 is 16.0. The van der Waals surface area contributed by atoms with Crippen molar-refractivity contribution in [3.8, 4) is 0 Å². The SMILES string of the molecule is CNCC1COCCN1CCOCCCOC. The molecule has 1 N–H and O–H groups in total. The van der Waals surface area contributed by atoms with Gasteiger partial charge < -0.3 is 19.5 Å². The molecule has 1 unspecified atom stereocenters. The van der Waals surface area contributed by atoms with Crippen LogP contribution in [0.15, 0.2) is 0 Å². The lowest BCUT2D eigenvalue weighted by Crippen LogP contribution is -2.50. The molecule has 5 nitrogen and oxygen atoms in total. The van der Waals surface area contributed by atoms with Crippen LogP contribution in [-0.4, -0.2) is 77.8 Å². The first kappa shape index (κ1) is 14.9. The molecular formula is C12H26N2O3. The molecule has 1 aliphatic rings. The normalized spacial score (nSPS) is 21.9. The molecule has 0 amide bonds. The van der Waals surface area contributed by atoms with Gasteiger partial charge in [-0.3, -0.25) is 4.90 Å². The van der Waals surface area contributed by atoms with E-state index >= 15 is 0 Å². The van der Waals surface area contributed by atoms with E-state index in [0.29, 0.717) is 6.04 Å². The van der Waals surface area contributed by atoms with Crippen molar-refractivity contribution in [1.82, 2.24) is 10.2 Å². The first-order valence-corrected chi connectivity index (χ1v) is 6.41. The molecule has 17 heavy (non-hydrogen) atoms. The second-order valence-electron chi connectivity index (χ2n) is 4.28. The second kappa shape index (κ2) is 9.79. The van der Waals surface area contributed by atoms with Crippen molar-refractivity contribution in [1.29, 1.82) is 0 Å². The highest BCUT2D eigenvalue weighted by molar-refractivity contribution is 4.76. The Bertz CT molecular complexity index is 179. The number of morpholine rings is 1. The smallest absolute Gasteiger partial charge is 0.0634 e. The average Bonchev–Trinajstić information content (AvgIpc) is 2.36. The molecule has 1 heterocycles. The maximum absolute atomic E-state index is 5.58. The second-order valence-corrected chi connectivity index (χ2v) is 4.28. The van der Waals surface area contributed by atoms with Crippen LogP contribution in [0.5, 0.6) is 0 Å². The molecule has 102 valence electrons. The number of hydrogen-bond donors (Lipinski definition) is 1. The first-order chi connectivity index (χ1) is 8.38. The average molecular weight is 246 g/mol. The molecule has 0 aromatic carbocycles. The lowest BCUT2D eigenvalue weighted by atomic mass is 10.2. The van der Waals surface area contributed by atoms with Gasteiger partial charge in [-0.2, -0.15) is 0 Å². The number of likely N-dealkylation sites (N-methyl/N-ethyl adjacent to an activating group) is 1. The molecule has 1 fully saturated rings. The molecule has 0 aromatic heterocycles. The van der Waals surface area contributed by atoms with Crippen molar-refractivity contribution < 1.29 is 14.2 Å². The zero-order valence-corrected chi connectivity index (χ0v) is 11.1. The molecule has 1 saturated heterocycles. The highest BCUT2D eigenvalue weighted by atomic mass is 16.5. The topological polar surface area (TPSA) is 43.0 Å². The third-order valence-electron chi connectivity index (χ3n) is 2.95. The van der Waals surface area contributed by atoms with E-state index in [9.17, 15) is 0 Å². The first-order valence-electron chi connectivity index (χ1n) is 6.41. The lowest BCUT2D eigenvalue weighted by molar-refractivity contribution is -0.0199. The molecule has 0 saturated carbocycles. The van der Waals surface area contributed by atoms with Gasteiger partial charge in [0, 0.05) is 46.0 Å². The minimum absolute atomic E-state index is 0.483. The van der Waals surface area contributed by atoms with Crippen molar-refractivity contribution in [3.05, 3.63) is 0 Å². The third kappa shape index (κ3) is 6.33. The summed E-state index contributed by atoms with van der Waals surface area (Å²) in [5, 5.41) is 3.21. The monoisotopic (exact) mass is 246 g/mol. The summed E-state index contributed by atoms with van der Waals surface area (Å²) in [6, 6.07) is 0.483. The van der Waals surface area contributed by atoms with Crippen LogP contribution in [0.1, 0.15) is 6.42 Å². The number of methoxy groups -OCH3 is 1. The molecule has 1 aliphatic heterocycles. The van der Waals surface area contributed by atoms with E-state index in [2.05, 4.69) is 10.2 Å². The van der Waals surface area contributed by atoms with Gasteiger partial charge in [0.2, 0.25) is 0 Å². The molecule has 0 aromatic rings. The largest absolute Gasteiger partial charge is 0.385 e. The summed E-state index contributed by atoms with van der Waals surface area (Å²) in [4.78, 5) is 2.44. The van der Waals surface area contributed by atoms with Gasteiger partial charge in [0.25, 0.3) is 0 Å². The van der Waals surface area contributed by atoms with Gasteiger partial charge in [-0.25, -0.2) is 0 Å². The van der Waals surface area contributed by atoms with E-state index in [4.69, 9.17) is 14.2 Å². The summed E-state index contributed by atoms with van der Waals surface area (Å²) >= 11 is 0. The van der Waals surface area contributed by atoms with Crippen molar-refractivity contribution in [3.63, 3.8) is 0 Å². The fourth-order valence-corrected chi connectivity index (χ4v) is 2.00. The van der Waals surface area contributed by atoms with Gasteiger partial charge >= 0.3 is 0 Å². The highest BCUT2D eigenvalue weighted by Gasteiger charge is 2.21. The van der Waals surface area contributed by atoms with E-state index in [1.165, 1.54) is 0 Å². The lowest BCUT2D eigenvalue weighted by Gasteiger charge is -2.35. The Hall–Kier alpha value is -0.200. The minimum Gasteiger partial charge on any atom is -0.385 e. The number of rotatable bonds is 9. The van der Waals surface area contributed by atoms with Crippen LogP contribution in [0.25, 0.3) is 0 Å². The Kier molecular flexibility index (Phi) is 8.56. The van der Waals surface area contributed by atoms with E-state index in [0.717, 1.165) is 59.1 Å². The Morgan fingerprint density at radius 3 is 3.00 bits per heavy atom. The van der Waals surface area contributed by atoms with E-state index in [1.54, 1.807) is 7.11 Å². The van der Waals surface area contributed by atoms with Gasteiger partial charge in [0.1, 0.15) is 0 Å². The minimum atomic E-state index is 0.483. The van der Waals surface area contributed by atoms with E-state index in [1.807, 2.05) is 7.05 Å². The standard InChI is InChI=1S/C12H26N2O3/c1-13-10-12-11-17-9-5-14(12)4-8-16-7-3-6-15-2/h12-13H,3-11H2,1-2H3. The Balaban J connectivity index is 2.06. The van der Waals surface area contributed by atoms with Crippen LogP contribution in [0.4, 0.5) is 0 Å². The maximum atomic E-state index is 5.58. The number of ether oxygens (including phenoxy) is 3.